The molecule has 2 aromatic carbocycles. The van der Waals surface area contributed by atoms with Gasteiger partial charge in [0, 0.05) is 16.3 Å². The maximum absolute atomic E-state index is 13.4. The molecule has 1 spiro atoms. The summed E-state index contributed by atoms with van der Waals surface area (Å²) in [5, 5.41) is 13.1. The number of nitrogens with zero attached hydrogens (tertiary/aromatic N) is 3. The monoisotopic (exact) mass is 391 g/mol. The Morgan fingerprint density at radius 2 is 1.75 bits per heavy atom. The van der Waals surface area contributed by atoms with Crippen LogP contribution in [0.15, 0.2) is 57.6 Å². The van der Waals surface area contributed by atoms with Crippen molar-refractivity contribution in [1.82, 2.24) is 9.36 Å². The van der Waals surface area contributed by atoms with Crippen LogP contribution in [0.25, 0.3) is 16.6 Å². The third-order valence-corrected chi connectivity index (χ3v) is 5.43. The minimum atomic E-state index is -1.88. The van der Waals surface area contributed by atoms with E-state index >= 15 is 0 Å². The summed E-state index contributed by atoms with van der Waals surface area (Å²) in [4.78, 5) is 39.6. The summed E-state index contributed by atoms with van der Waals surface area (Å²) < 4.78 is 1.88. The largest absolute Gasteiger partial charge is 0.383 e. The number of hydrogen-bond donors (Lipinski definition) is 2. The average molecular weight is 392 g/mol. The third kappa shape index (κ3) is 1.63. The van der Waals surface area contributed by atoms with Gasteiger partial charge >= 0.3 is 0 Å². The van der Waals surface area contributed by atoms with E-state index in [0.29, 0.717) is 16.3 Å². The number of halogens is 1. The van der Waals surface area contributed by atoms with Crippen molar-refractivity contribution < 1.29 is 4.79 Å². The molecule has 0 aliphatic carbocycles. The van der Waals surface area contributed by atoms with Crippen molar-refractivity contribution >= 4 is 39.8 Å². The van der Waals surface area contributed by atoms with E-state index < -0.39 is 22.6 Å². The smallest absolute Gasteiger partial charge is 0.279 e. The number of nitrogens with one attached hydrogen (secondary N) is 1. The highest BCUT2D eigenvalue weighted by atomic mass is 35.5. The molecule has 1 unspecified atom stereocenters. The van der Waals surface area contributed by atoms with E-state index in [2.05, 4.69) is 5.32 Å². The van der Waals surface area contributed by atoms with Crippen molar-refractivity contribution in [2.24, 2.45) is 5.73 Å². The van der Waals surface area contributed by atoms with Gasteiger partial charge in [0.15, 0.2) is 0 Å². The van der Waals surface area contributed by atoms with Crippen LogP contribution in [0, 0.1) is 11.3 Å². The molecule has 1 aromatic heterocycles. The number of nitrogens with two attached hydrogens (primary N) is 1. The number of fused-ring (bicyclic) bond motifs is 5. The average Bonchev–Trinajstić information content (AvgIpc) is 3.11. The van der Waals surface area contributed by atoms with Crippen molar-refractivity contribution in [2.45, 2.75) is 5.54 Å². The Balaban J connectivity index is 2.06. The minimum absolute atomic E-state index is 0.130. The fourth-order valence-electron chi connectivity index (χ4n) is 4.05. The minimum Gasteiger partial charge on any atom is -0.383 e. The van der Waals surface area contributed by atoms with Crippen molar-refractivity contribution in [3.05, 3.63) is 79.3 Å². The lowest BCUT2D eigenvalue weighted by Gasteiger charge is -2.25. The van der Waals surface area contributed by atoms with E-state index in [0.717, 1.165) is 9.36 Å². The van der Waals surface area contributed by atoms with Gasteiger partial charge < -0.3 is 11.1 Å². The molecule has 5 rings (SSSR count). The second kappa shape index (κ2) is 5.12. The maximum atomic E-state index is 13.4. The molecule has 3 aromatic rings. The highest BCUT2D eigenvalue weighted by Gasteiger charge is 2.58. The first-order valence-corrected chi connectivity index (χ1v) is 8.60. The van der Waals surface area contributed by atoms with Crippen LogP contribution in [-0.2, 0) is 10.3 Å². The first-order chi connectivity index (χ1) is 13.4. The first-order valence-electron chi connectivity index (χ1n) is 8.22. The Bertz CT molecular complexity index is 1440. The van der Waals surface area contributed by atoms with Crippen LogP contribution in [-0.4, -0.2) is 15.3 Å². The van der Waals surface area contributed by atoms with Crippen LogP contribution in [0.3, 0.4) is 0 Å². The van der Waals surface area contributed by atoms with Gasteiger partial charge in [0.1, 0.15) is 17.5 Å². The highest BCUT2D eigenvalue weighted by Crippen LogP contribution is 2.47. The van der Waals surface area contributed by atoms with Crippen molar-refractivity contribution in [3.63, 3.8) is 0 Å². The third-order valence-electron chi connectivity index (χ3n) is 5.20. The van der Waals surface area contributed by atoms with E-state index in [1.165, 1.54) is 18.2 Å². The van der Waals surface area contributed by atoms with Gasteiger partial charge in [0.2, 0.25) is 5.54 Å². The number of nitriles is 1. The second-order valence-electron chi connectivity index (χ2n) is 6.51. The zero-order valence-corrected chi connectivity index (χ0v) is 14.8. The van der Waals surface area contributed by atoms with Gasteiger partial charge in [-0.3, -0.25) is 14.4 Å². The summed E-state index contributed by atoms with van der Waals surface area (Å²) in [6.07, 6.45) is 0. The summed E-state index contributed by atoms with van der Waals surface area (Å²) in [6.45, 7) is 0. The van der Waals surface area contributed by atoms with Gasteiger partial charge in [-0.25, -0.2) is 4.68 Å². The second-order valence-corrected chi connectivity index (χ2v) is 6.94. The molecule has 1 atom stereocenters. The maximum Gasteiger partial charge on any atom is 0.279 e. The Hall–Kier alpha value is -3.83. The van der Waals surface area contributed by atoms with Gasteiger partial charge in [0.05, 0.1) is 10.8 Å². The molecule has 8 nitrogen and oxygen atoms in total. The van der Waals surface area contributed by atoms with Gasteiger partial charge in [-0.15, -0.1) is 0 Å². The molecular formula is C19H10ClN5O3. The predicted octanol–water partition coefficient (Wildman–Crippen LogP) is 1.18. The Morgan fingerprint density at radius 1 is 1.07 bits per heavy atom. The summed E-state index contributed by atoms with van der Waals surface area (Å²) in [5.74, 6) is -0.916. The van der Waals surface area contributed by atoms with Crippen LogP contribution >= 0.6 is 11.6 Å². The molecular weight excluding hydrogens is 382 g/mol. The van der Waals surface area contributed by atoms with Gasteiger partial charge in [-0.2, -0.15) is 9.94 Å². The molecule has 2 aliphatic rings. The zero-order chi connectivity index (χ0) is 19.8. The standard InChI is InChI=1S/C19H10ClN5O3/c20-9-5-6-12-14(7-9)23-18(28)19(12)13(8-21)15(22)24-16(26)10-3-1-2-4-11(10)17(27)25(19)24/h1-7H,22H2,(H,23,28). The molecule has 0 bridgehead atoms. The van der Waals surface area contributed by atoms with Gasteiger partial charge in [-0.1, -0.05) is 29.8 Å². The van der Waals surface area contributed by atoms with E-state index in [4.69, 9.17) is 17.3 Å². The lowest BCUT2D eigenvalue weighted by atomic mass is 9.84. The quantitative estimate of drug-likeness (QED) is 0.595. The lowest BCUT2D eigenvalue weighted by molar-refractivity contribution is -0.120. The molecule has 28 heavy (non-hydrogen) atoms. The molecule has 1 amide bonds. The van der Waals surface area contributed by atoms with Crippen LogP contribution in [0.2, 0.25) is 5.02 Å². The van der Waals surface area contributed by atoms with E-state index in [1.54, 1.807) is 24.3 Å². The predicted molar refractivity (Wildman–Crippen MR) is 103 cm³/mol. The van der Waals surface area contributed by atoms with Gasteiger partial charge in [0.25, 0.3) is 17.0 Å². The Kier molecular flexibility index (Phi) is 2.99. The highest BCUT2D eigenvalue weighted by molar-refractivity contribution is 6.31. The number of aromatic nitrogens is 2. The normalized spacial score (nSPS) is 19.6. The molecule has 2 aliphatic heterocycles. The number of hydrogen-bond acceptors (Lipinski definition) is 5. The molecule has 3 N–H and O–H groups in total. The van der Waals surface area contributed by atoms with Crippen LogP contribution in [0.4, 0.5) is 5.69 Å². The summed E-state index contributed by atoms with van der Waals surface area (Å²) in [5.41, 5.74) is 3.52. The van der Waals surface area contributed by atoms with E-state index in [9.17, 15) is 19.6 Å². The van der Waals surface area contributed by atoms with Crippen LogP contribution in [0.5, 0.6) is 0 Å². The van der Waals surface area contributed by atoms with E-state index in [-0.39, 0.29) is 22.2 Å². The molecule has 0 fully saturated rings. The zero-order valence-electron chi connectivity index (χ0n) is 14.1. The molecule has 3 heterocycles. The van der Waals surface area contributed by atoms with Crippen molar-refractivity contribution in [2.75, 3.05) is 5.32 Å². The topological polar surface area (TPSA) is 123 Å². The van der Waals surface area contributed by atoms with Crippen molar-refractivity contribution in [1.29, 1.82) is 5.26 Å². The SMILES string of the molecule is N#CC1=C(N)n2c(=O)c3ccccc3c(=O)n2C12C(=O)Nc1cc(Cl)ccc12. The lowest BCUT2D eigenvalue weighted by Crippen LogP contribution is -2.50. The Labute approximate surface area is 161 Å². The summed E-state index contributed by atoms with van der Waals surface area (Å²) >= 11 is 6.02. The molecule has 0 radical (unpaired) electrons. The molecule has 0 saturated carbocycles. The number of benzene rings is 2. The number of carbonyl (C=O) groups is 1. The molecule has 9 heteroatoms. The fourth-order valence-corrected chi connectivity index (χ4v) is 4.22. The summed E-state index contributed by atoms with van der Waals surface area (Å²) in [6, 6.07) is 12.8. The number of rotatable bonds is 0. The van der Waals surface area contributed by atoms with Crippen LogP contribution < -0.4 is 22.2 Å². The first kappa shape index (κ1) is 16.4. The Morgan fingerprint density at radius 3 is 2.43 bits per heavy atom. The fraction of sp³-hybridized carbons (Fsp3) is 0.0526. The van der Waals surface area contributed by atoms with Gasteiger partial charge in [-0.05, 0) is 24.3 Å². The molecule has 136 valence electrons. The number of amides is 1. The van der Waals surface area contributed by atoms with E-state index in [1.807, 2.05) is 6.07 Å². The van der Waals surface area contributed by atoms with Crippen LogP contribution in [0.1, 0.15) is 5.56 Å². The summed E-state index contributed by atoms with van der Waals surface area (Å²) in [7, 11) is 0. The number of carbonyl (C=O) groups excluding carboxylic acids is 1. The number of anilines is 1. The molecule has 0 saturated heterocycles. The van der Waals surface area contributed by atoms with Crippen molar-refractivity contribution in [3.8, 4) is 6.07 Å².